The van der Waals surface area contributed by atoms with Gasteiger partial charge in [0.1, 0.15) is 5.82 Å². The minimum absolute atomic E-state index is 0.622. The first-order valence-corrected chi connectivity index (χ1v) is 9.32. The molecule has 0 fully saturated rings. The number of pyridine rings is 1. The quantitative estimate of drug-likeness (QED) is 0.536. The number of halogens is 1. The number of aromatic nitrogens is 4. The molecule has 5 nitrogen and oxygen atoms in total. The van der Waals surface area contributed by atoms with Crippen LogP contribution in [-0.4, -0.2) is 19.6 Å². The summed E-state index contributed by atoms with van der Waals surface area (Å²) in [5.74, 6) is 0.901. The van der Waals surface area contributed by atoms with E-state index in [9.17, 15) is 0 Å². The summed E-state index contributed by atoms with van der Waals surface area (Å²) in [7, 11) is 0. The molecule has 0 saturated heterocycles. The van der Waals surface area contributed by atoms with Gasteiger partial charge in [-0.05, 0) is 43.2 Å². The van der Waals surface area contributed by atoms with Gasteiger partial charge in [-0.3, -0.25) is 4.98 Å². The number of aryl methyl sites for hydroxylation is 2. The highest BCUT2D eigenvalue weighted by Crippen LogP contribution is 2.31. The zero-order valence-corrected chi connectivity index (χ0v) is 16.0. The van der Waals surface area contributed by atoms with Crippen LogP contribution in [0.3, 0.4) is 0 Å². The first kappa shape index (κ1) is 17.5. The summed E-state index contributed by atoms with van der Waals surface area (Å²) in [5, 5.41) is 8.99. The molecule has 136 valence electrons. The maximum absolute atomic E-state index is 6.06. The van der Waals surface area contributed by atoms with Crippen LogP contribution in [0.4, 0.5) is 5.82 Å². The molecule has 0 spiro atoms. The third kappa shape index (κ3) is 3.51. The van der Waals surface area contributed by atoms with E-state index in [0.717, 1.165) is 51.1 Å². The average Bonchev–Trinajstić information content (AvgIpc) is 3.06. The summed E-state index contributed by atoms with van der Waals surface area (Å²) in [6.07, 6.45) is 2.62. The van der Waals surface area contributed by atoms with E-state index in [2.05, 4.69) is 17.2 Å². The van der Waals surface area contributed by atoms with Crippen molar-refractivity contribution in [1.29, 1.82) is 0 Å². The fraction of sp³-hybridized carbons (Fsp3) is 0.190. The Morgan fingerprint density at radius 3 is 2.63 bits per heavy atom. The molecule has 4 aromatic rings. The Morgan fingerprint density at radius 2 is 1.93 bits per heavy atom. The van der Waals surface area contributed by atoms with Gasteiger partial charge in [0.2, 0.25) is 0 Å². The largest absolute Gasteiger partial charge is 0.364 e. The number of nitrogens with one attached hydrogen (secondary N) is 1. The number of nitrogens with zero attached hydrogens (tertiary/aromatic N) is 4. The van der Waals surface area contributed by atoms with Gasteiger partial charge in [0, 0.05) is 28.5 Å². The Bertz CT molecular complexity index is 1070. The van der Waals surface area contributed by atoms with E-state index in [0.29, 0.717) is 6.54 Å². The zero-order chi connectivity index (χ0) is 18.8. The molecule has 4 rings (SSSR count). The zero-order valence-electron chi connectivity index (χ0n) is 15.3. The molecule has 0 amide bonds. The molecule has 0 atom stereocenters. The van der Waals surface area contributed by atoms with Crippen LogP contribution in [0.2, 0.25) is 5.02 Å². The average molecular weight is 378 g/mol. The first-order chi connectivity index (χ1) is 13.2. The van der Waals surface area contributed by atoms with Crippen molar-refractivity contribution in [1.82, 2.24) is 19.6 Å². The van der Waals surface area contributed by atoms with Gasteiger partial charge >= 0.3 is 0 Å². The summed E-state index contributed by atoms with van der Waals surface area (Å²) >= 11 is 6.06. The van der Waals surface area contributed by atoms with E-state index < -0.39 is 0 Å². The molecular formula is C21H20ClN5. The molecule has 6 heteroatoms. The van der Waals surface area contributed by atoms with Gasteiger partial charge in [-0.1, -0.05) is 36.7 Å². The highest BCUT2D eigenvalue weighted by atomic mass is 35.5. The smallest absolute Gasteiger partial charge is 0.165 e. The van der Waals surface area contributed by atoms with Gasteiger partial charge in [-0.25, -0.2) is 4.98 Å². The molecule has 0 bridgehead atoms. The van der Waals surface area contributed by atoms with Crippen molar-refractivity contribution < 1.29 is 0 Å². The van der Waals surface area contributed by atoms with Crippen molar-refractivity contribution in [2.75, 3.05) is 5.32 Å². The predicted molar refractivity (Wildman–Crippen MR) is 109 cm³/mol. The molecule has 1 N–H and O–H groups in total. The van der Waals surface area contributed by atoms with Gasteiger partial charge in [0.15, 0.2) is 5.65 Å². The van der Waals surface area contributed by atoms with Gasteiger partial charge in [-0.2, -0.15) is 9.61 Å². The number of benzene rings is 1. The van der Waals surface area contributed by atoms with Crippen LogP contribution in [-0.2, 0) is 13.0 Å². The lowest BCUT2D eigenvalue weighted by Gasteiger charge is -2.09. The molecular weight excluding hydrogens is 358 g/mol. The fourth-order valence-electron chi connectivity index (χ4n) is 3.15. The molecule has 0 aliphatic carbocycles. The molecule has 0 unspecified atom stereocenters. The summed E-state index contributed by atoms with van der Waals surface area (Å²) < 4.78 is 1.89. The van der Waals surface area contributed by atoms with Crippen molar-refractivity contribution in [2.24, 2.45) is 0 Å². The minimum atomic E-state index is 0.622. The van der Waals surface area contributed by atoms with E-state index in [-0.39, 0.29) is 0 Å². The second kappa shape index (κ2) is 7.37. The lowest BCUT2D eigenvalue weighted by molar-refractivity contribution is 0.873. The highest BCUT2D eigenvalue weighted by Gasteiger charge is 2.17. The Morgan fingerprint density at radius 1 is 1.11 bits per heavy atom. The van der Waals surface area contributed by atoms with Crippen molar-refractivity contribution in [3.05, 3.63) is 76.8 Å². The fourth-order valence-corrected chi connectivity index (χ4v) is 3.28. The summed E-state index contributed by atoms with van der Waals surface area (Å²) in [5.41, 5.74) is 5.89. The Labute approximate surface area is 163 Å². The second-order valence-corrected chi connectivity index (χ2v) is 6.81. The topological polar surface area (TPSA) is 55.1 Å². The molecule has 27 heavy (non-hydrogen) atoms. The number of hydrogen-bond donors (Lipinski definition) is 1. The Hall–Kier alpha value is -2.92. The maximum atomic E-state index is 6.06. The standard InChI is InChI=1S/C21H20ClN5/c1-3-18-20(15-7-9-16(22)10-8-15)21-25-14(2)12-19(27(21)26-18)24-13-17-6-4-5-11-23-17/h4-12,24H,3,13H2,1-2H3. The van der Waals surface area contributed by atoms with E-state index >= 15 is 0 Å². The van der Waals surface area contributed by atoms with Gasteiger partial charge in [0.25, 0.3) is 0 Å². The Balaban J connectivity index is 1.81. The Kier molecular flexibility index (Phi) is 4.77. The summed E-state index contributed by atoms with van der Waals surface area (Å²) in [4.78, 5) is 9.14. The van der Waals surface area contributed by atoms with Crippen LogP contribution < -0.4 is 5.32 Å². The first-order valence-electron chi connectivity index (χ1n) is 8.94. The number of rotatable bonds is 5. The van der Waals surface area contributed by atoms with Crippen molar-refractivity contribution in [2.45, 2.75) is 26.8 Å². The molecule has 0 aliphatic rings. The van der Waals surface area contributed by atoms with Crippen molar-refractivity contribution in [3.8, 4) is 11.1 Å². The lowest BCUT2D eigenvalue weighted by Crippen LogP contribution is -2.07. The molecule has 1 aromatic carbocycles. The van der Waals surface area contributed by atoms with Crippen molar-refractivity contribution >= 4 is 23.1 Å². The van der Waals surface area contributed by atoms with Crippen LogP contribution in [0.25, 0.3) is 16.8 Å². The van der Waals surface area contributed by atoms with Crippen LogP contribution in [0.1, 0.15) is 24.0 Å². The van der Waals surface area contributed by atoms with E-state index in [4.69, 9.17) is 21.7 Å². The van der Waals surface area contributed by atoms with Crippen molar-refractivity contribution in [3.63, 3.8) is 0 Å². The molecule has 3 heterocycles. The van der Waals surface area contributed by atoms with E-state index in [1.807, 2.05) is 60.0 Å². The number of anilines is 1. The normalized spacial score (nSPS) is 11.1. The monoisotopic (exact) mass is 377 g/mol. The van der Waals surface area contributed by atoms with E-state index in [1.165, 1.54) is 0 Å². The summed E-state index contributed by atoms with van der Waals surface area (Å²) in [6, 6.07) is 15.7. The van der Waals surface area contributed by atoms with Crippen LogP contribution in [0.15, 0.2) is 54.7 Å². The molecule has 0 saturated carbocycles. The van der Waals surface area contributed by atoms with Crippen LogP contribution >= 0.6 is 11.6 Å². The third-order valence-electron chi connectivity index (χ3n) is 4.43. The lowest BCUT2D eigenvalue weighted by atomic mass is 10.0. The molecule has 0 aliphatic heterocycles. The maximum Gasteiger partial charge on any atom is 0.165 e. The van der Waals surface area contributed by atoms with Crippen LogP contribution in [0, 0.1) is 6.92 Å². The van der Waals surface area contributed by atoms with Gasteiger partial charge in [-0.15, -0.1) is 0 Å². The van der Waals surface area contributed by atoms with E-state index in [1.54, 1.807) is 6.20 Å². The number of hydrogen-bond acceptors (Lipinski definition) is 4. The highest BCUT2D eigenvalue weighted by molar-refractivity contribution is 6.30. The minimum Gasteiger partial charge on any atom is -0.364 e. The van der Waals surface area contributed by atoms with Gasteiger partial charge < -0.3 is 5.32 Å². The van der Waals surface area contributed by atoms with Crippen LogP contribution in [0.5, 0.6) is 0 Å². The second-order valence-electron chi connectivity index (χ2n) is 6.37. The summed E-state index contributed by atoms with van der Waals surface area (Å²) in [6.45, 7) is 4.72. The molecule has 0 radical (unpaired) electrons. The SMILES string of the molecule is CCc1nn2c(NCc3ccccn3)cc(C)nc2c1-c1ccc(Cl)cc1. The molecule has 3 aromatic heterocycles. The van der Waals surface area contributed by atoms with Gasteiger partial charge in [0.05, 0.1) is 17.9 Å². The predicted octanol–water partition coefficient (Wildman–Crippen LogP) is 4.93. The third-order valence-corrected chi connectivity index (χ3v) is 4.69. The number of fused-ring (bicyclic) bond motifs is 1.